The van der Waals surface area contributed by atoms with Gasteiger partial charge in [-0.05, 0) is 75.2 Å². The van der Waals surface area contributed by atoms with Gasteiger partial charge >= 0.3 is 6.18 Å². The number of hydrogen-bond acceptors (Lipinski definition) is 3. The highest BCUT2D eigenvalue weighted by molar-refractivity contribution is 6.05. The summed E-state index contributed by atoms with van der Waals surface area (Å²) in [4.78, 5) is 32.2. The predicted octanol–water partition coefficient (Wildman–Crippen LogP) is 5.99. The second-order valence-electron chi connectivity index (χ2n) is 8.85. The molecular formula is C27H26F3N3O2. The van der Waals surface area contributed by atoms with Crippen molar-refractivity contribution in [2.45, 2.75) is 38.8 Å². The number of anilines is 1. The highest BCUT2D eigenvalue weighted by atomic mass is 19.4. The molecule has 5 nitrogen and oxygen atoms in total. The minimum Gasteiger partial charge on any atom is -0.339 e. The quantitative estimate of drug-likeness (QED) is 0.498. The monoisotopic (exact) mass is 481 g/mol. The molecule has 2 heterocycles. The standard InChI is InChI=1S/C27H26F3N3O2/c1-17-3-10-22(11-4-17)32-25(34)23-12-5-18(2)31-24(23)19-13-15-33(16-14-19)26(35)20-6-8-21(9-7-20)27(28,29)30/h3-12,19H,13-16H2,1-2H3,(H,32,34). The molecule has 35 heavy (non-hydrogen) atoms. The van der Waals surface area contributed by atoms with Crippen LogP contribution in [0.1, 0.15) is 62.0 Å². The zero-order valence-electron chi connectivity index (χ0n) is 19.5. The number of nitrogens with zero attached hydrogens (tertiary/aromatic N) is 2. The number of hydrogen-bond donors (Lipinski definition) is 1. The van der Waals surface area contributed by atoms with Crippen LogP contribution in [-0.2, 0) is 6.18 Å². The zero-order valence-corrected chi connectivity index (χ0v) is 19.5. The Labute approximate surface area is 202 Å². The fraction of sp³-hybridized carbons (Fsp3) is 0.296. The Hall–Kier alpha value is -3.68. The molecule has 0 spiro atoms. The van der Waals surface area contributed by atoms with Gasteiger partial charge in [0.25, 0.3) is 11.8 Å². The molecule has 8 heteroatoms. The first kappa shape index (κ1) is 24.4. The smallest absolute Gasteiger partial charge is 0.339 e. The second kappa shape index (κ2) is 9.90. The van der Waals surface area contributed by atoms with Crippen molar-refractivity contribution >= 4 is 17.5 Å². The molecule has 0 atom stereocenters. The van der Waals surface area contributed by atoms with Gasteiger partial charge in [-0.2, -0.15) is 13.2 Å². The Morgan fingerprint density at radius 2 is 1.54 bits per heavy atom. The SMILES string of the molecule is Cc1ccc(NC(=O)c2ccc(C)nc2C2CCN(C(=O)c3ccc(C(F)(F)F)cc3)CC2)cc1. The fourth-order valence-corrected chi connectivity index (χ4v) is 4.26. The normalized spacial score (nSPS) is 14.6. The lowest BCUT2D eigenvalue weighted by Gasteiger charge is -2.32. The van der Waals surface area contributed by atoms with E-state index in [1.165, 1.54) is 12.1 Å². The van der Waals surface area contributed by atoms with Crippen LogP contribution in [0.15, 0.2) is 60.7 Å². The van der Waals surface area contributed by atoms with E-state index < -0.39 is 11.7 Å². The molecule has 0 bridgehead atoms. The molecule has 2 amide bonds. The first-order chi connectivity index (χ1) is 16.6. The van der Waals surface area contributed by atoms with E-state index >= 15 is 0 Å². The second-order valence-corrected chi connectivity index (χ2v) is 8.85. The average molecular weight is 482 g/mol. The van der Waals surface area contributed by atoms with E-state index in [2.05, 4.69) is 10.3 Å². The molecule has 0 unspecified atom stereocenters. The first-order valence-corrected chi connectivity index (χ1v) is 11.4. The number of alkyl halides is 3. The molecule has 1 N–H and O–H groups in total. The van der Waals surface area contributed by atoms with Gasteiger partial charge in [0.05, 0.1) is 16.8 Å². The number of piperidine rings is 1. The molecule has 1 aromatic heterocycles. The molecule has 3 aromatic rings. The lowest BCUT2D eigenvalue weighted by molar-refractivity contribution is -0.137. The molecule has 1 fully saturated rings. The predicted molar refractivity (Wildman–Crippen MR) is 127 cm³/mol. The van der Waals surface area contributed by atoms with Crippen LogP contribution in [0.25, 0.3) is 0 Å². The van der Waals surface area contributed by atoms with Crippen LogP contribution in [0.5, 0.6) is 0 Å². The summed E-state index contributed by atoms with van der Waals surface area (Å²) in [5.74, 6) is -0.545. The minimum atomic E-state index is -4.44. The van der Waals surface area contributed by atoms with Gasteiger partial charge < -0.3 is 10.2 Å². The summed E-state index contributed by atoms with van der Waals surface area (Å²) >= 11 is 0. The summed E-state index contributed by atoms with van der Waals surface area (Å²) in [7, 11) is 0. The largest absolute Gasteiger partial charge is 0.416 e. The number of benzene rings is 2. The third kappa shape index (κ3) is 5.70. The van der Waals surface area contributed by atoms with Crippen molar-refractivity contribution in [1.29, 1.82) is 0 Å². The van der Waals surface area contributed by atoms with Crippen molar-refractivity contribution < 1.29 is 22.8 Å². The van der Waals surface area contributed by atoms with Gasteiger partial charge in [-0.25, -0.2) is 0 Å². The summed E-state index contributed by atoms with van der Waals surface area (Å²) in [6.45, 7) is 4.70. The summed E-state index contributed by atoms with van der Waals surface area (Å²) < 4.78 is 38.4. The Morgan fingerprint density at radius 1 is 0.914 bits per heavy atom. The molecule has 182 valence electrons. The molecule has 4 rings (SSSR count). The number of likely N-dealkylation sites (tertiary alicyclic amines) is 1. The summed E-state index contributed by atoms with van der Waals surface area (Å²) in [5.41, 5.74) is 3.25. The van der Waals surface area contributed by atoms with Gasteiger partial charge in [0.1, 0.15) is 0 Å². The Kier molecular flexibility index (Phi) is 6.91. The number of nitrogens with one attached hydrogen (secondary N) is 1. The number of rotatable bonds is 4. The molecule has 0 aliphatic carbocycles. The van der Waals surface area contributed by atoms with Crippen molar-refractivity contribution in [2.75, 3.05) is 18.4 Å². The summed E-state index contributed by atoms with van der Waals surface area (Å²) in [5, 5.41) is 2.92. The Balaban J connectivity index is 1.45. The molecule has 1 aliphatic heterocycles. The van der Waals surface area contributed by atoms with E-state index in [9.17, 15) is 22.8 Å². The number of amides is 2. The molecule has 0 radical (unpaired) electrons. The maximum absolute atomic E-state index is 13.0. The topological polar surface area (TPSA) is 62.3 Å². The van der Waals surface area contributed by atoms with Gasteiger partial charge in [-0.15, -0.1) is 0 Å². The van der Waals surface area contributed by atoms with Crippen molar-refractivity contribution in [1.82, 2.24) is 9.88 Å². The Bertz CT molecular complexity index is 1210. The van der Waals surface area contributed by atoms with E-state index in [0.717, 1.165) is 23.4 Å². The first-order valence-electron chi connectivity index (χ1n) is 11.4. The zero-order chi connectivity index (χ0) is 25.2. The van der Waals surface area contributed by atoms with Crippen LogP contribution in [0.2, 0.25) is 0 Å². The van der Waals surface area contributed by atoms with Crippen molar-refractivity contribution in [3.8, 4) is 0 Å². The fourth-order valence-electron chi connectivity index (χ4n) is 4.26. The van der Waals surface area contributed by atoms with E-state index in [-0.39, 0.29) is 23.3 Å². The highest BCUT2D eigenvalue weighted by Crippen LogP contribution is 2.32. The van der Waals surface area contributed by atoms with Gasteiger partial charge in [0.15, 0.2) is 0 Å². The summed E-state index contributed by atoms with van der Waals surface area (Å²) in [6.07, 6.45) is -3.23. The maximum Gasteiger partial charge on any atom is 0.416 e. The molecular weight excluding hydrogens is 455 g/mol. The van der Waals surface area contributed by atoms with E-state index in [0.29, 0.717) is 42.9 Å². The molecule has 2 aromatic carbocycles. The van der Waals surface area contributed by atoms with Crippen molar-refractivity contribution in [3.63, 3.8) is 0 Å². The maximum atomic E-state index is 13.0. The average Bonchev–Trinajstić information content (AvgIpc) is 2.84. The molecule has 0 saturated carbocycles. The number of aryl methyl sites for hydroxylation is 2. The third-order valence-corrected chi connectivity index (χ3v) is 6.25. The van der Waals surface area contributed by atoms with Crippen LogP contribution in [0.3, 0.4) is 0 Å². The molecule has 1 aliphatic rings. The highest BCUT2D eigenvalue weighted by Gasteiger charge is 2.31. The van der Waals surface area contributed by atoms with Crippen LogP contribution in [0, 0.1) is 13.8 Å². The number of carbonyl (C=O) groups is 2. The van der Waals surface area contributed by atoms with Gasteiger partial charge in [-0.3, -0.25) is 14.6 Å². The van der Waals surface area contributed by atoms with Crippen LogP contribution in [-0.4, -0.2) is 34.8 Å². The van der Waals surface area contributed by atoms with Crippen LogP contribution >= 0.6 is 0 Å². The Morgan fingerprint density at radius 3 is 2.14 bits per heavy atom. The summed E-state index contributed by atoms with van der Waals surface area (Å²) in [6, 6.07) is 15.4. The van der Waals surface area contributed by atoms with Gasteiger partial charge in [0.2, 0.25) is 0 Å². The van der Waals surface area contributed by atoms with Crippen molar-refractivity contribution in [3.05, 3.63) is 94.3 Å². The van der Waals surface area contributed by atoms with Crippen molar-refractivity contribution in [2.24, 2.45) is 0 Å². The number of aromatic nitrogens is 1. The van der Waals surface area contributed by atoms with E-state index in [4.69, 9.17) is 0 Å². The number of halogens is 3. The van der Waals surface area contributed by atoms with Gasteiger partial charge in [-0.1, -0.05) is 17.7 Å². The van der Waals surface area contributed by atoms with Crippen LogP contribution in [0.4, 0.5) is 18.9 Å². The number of pyridine rings is 1. The third-order valence-electron chi connectivity index (χ3n) is 6.25. The lowest BCUT2D eigenvalue weighted by atomic mass is 9.89. The molecule has 1 saturated heterocycles. The van der Waals surface area contributed by atoms with Crippen LogP contribution < -0.4 is 5.32 Å². The van der Waals surface area contributed by atoms with Gasteiger partial charge in [0, 0.05) is 36.0 Å². The minimum absolute atomic E-state index is 0.00896. The van der Waals surface area contributed by atoms with E-state index in [1.54, 1.807) is 17.0 Å². The van der Waals surface area contributed by atoms with E-state index in [1.807, 2.05) is 38.1 Å². The lowest BCUT2D eigenvalue weighted by Crippen LogP contribution is -2.38. The number of carbonyl (C=O) groups excluding carboxylic acids is 2.